The van der Waals surface area contributed by atoms with Crippen LogP contribution < -0.4 is 0 Å². The molecule has 0 aliphatic heterocycles. The first-order valence-electron chi connectivity index (χ1n) is 8.98. The molecule has 0 bridgehead atoms. The summed E-state index contributed by atoms with van der Waals surface area (Å²) in [5.41, 5.74) is 6.24. The van der Waals surface area contributed by atoms with Gasteiger partial charge in [-0.3, -0.25) is 4.98 Å². The molecule has 1 aromatic heterocycles. The van der Waals surface area contributed by atoms with Gasteiger partial charge in [0.1, 0.15) is 0 Å². The number of hydrogen-bond donors (Lipinski definition) is 0. The van der Waals surface area contributed by atoms with Crippen molar-refractivity contribution in [1.29, 1.82) is 0 Å². The van der Waals surface area contributed by atoms with Gasteiger partial charge in [0.15, 0.2) is 0 Å². The SMILES string of the molecule is CCOC(=O)c1c(C)nc(-c2ccccc2)c(CC)c1-c1ccccc1. The van der Waals surface area contributed by atoms with Crippen LogP contribution in [0.1, 0.15) is 35.5 Å². The first-order chi connectivity index (χ1) is 12.7. The van der Waals surface area contributed by atoms with Crippen LogP contribution in [0, 0.1) is 6.92 Å². The van der Waals surface area contributed by atoms with E-state index in [1.807, 2.05) is 62.4 Å². The van der Waals surface area contributed by atoms with Crippen LogP contribution in [0.5, 0.6) is 0 Å². The largest absolute Gasteiger partial charge is 0.462 e. The van der Waals surface area contributed by atoms with E-state index in [0.717, 1.165) is 34.4 Å². The van der Waals surface area contributed by atoms with E-state index in [1.54, 1.807) is 0 Å². The number of hydrogen-bond acceptors (Lipinski definition) is 3. The lowest BCUT2D eigenvalue weighted by Gasteiger charge is -2.19. The van der Waals surface area contributed by atoms with E-state index in [4.69, 9.17) is 9.72 Å². The van der Waals surface area contributed by atoms with Gasteiger partial charge in [0.25, 0.3) is 0 Å². The lowest BCUT2D eigenvalue weighted by Crippen LogP contribution is -2.13. The van der Waals surface area contributed by atoms with E-state index in [2.05, 4.69) is 19.1 Å². The molecule has 2 aromatic carbocycles. The number of aromatic nitrogens is 1. The highest BCUT2D eigenvalue weighted by molar-refractivity contribution is 6.00. The lowest BCUT2D eigenvalue weighted by atomic mass is 9.89. The van der Waals surface area contributed by atoms with E-state index in [-0.39, 0.29) is 5.97 Å². The zero-order chi connectivity index (χ0) is 18.5. The summed E-state index contributed by atoms with van der Waals surface area (Å²) in [6, 6.07) is 20.1. The molecule has 3 rings (SSSR count). The van der Waals surface area contributed by atoms with Crippen LogP contribution in [0.2, 0.25) is 0 Å². The van der Waals surface area contributed by atoms with Crippen molar-refractivity contribution >= 4 is 5.97 Å². The predicted molar refractivity (Wildman–Crippen MR) is 105 cm³/mol. The van der Waals surface area contributed by atoms with Gasteiger partial charge in [-0.25, -0.2) is 4.79 Å². The van der Waals surface area contributed by atoms with Gasteiger partial charge in [-0.2, -0.15) is 0 Å². The molecule has 0 N–H and O–H groups in total. The number of carbonyl (C=O) groups is 1. The van der Waals surface area contributed by atoms with Crippen LogP contribution >= 0.6 is 0 Å². The number of pyridine rings is 1. The quantitative estimate of drug-likeness (QED) is 0.576. The van der Waals surface area contributed by atoms with E-state index in [9.17, 15) is 4.79 Å². The fourth-order valence-corrected chi connectivity index (χ4v) is 3.30. The molecule has 0 radical (unpaired) electrons. The van der Waals surface area contributed by atoms with Crippen molar-refractivity contribution < 1.29 is 9.53 Å². The van der Waals surface area contributed by atoms with Gasteiger partial charge in [-0.05, 0) is 31.4 Å². The van der Waals surface area contributed by atoms with E-state index >= 15 is 0 Å². The number of carbonyl (C=O) groups excluding carboxylic acids is 1. The molecule has 0 aliphatic rings. The predicted octanol–water partition coefficient (Wildman–Crippen LogP) is 5.46. The maximum atomic E-state index is 12.7. The maximum Gasteiger partial charge on any atom is 0.340 e. The third kappa shape index (κ3) is 3.38. The number of nitrogens with zero attached hydrogens (tertiary/aromatic N) is 1. The Labute approximate surface area is 154 Å². The minimum atomic E-state index is -0.314. The third-order valence-electron chi connectivity index (χ3n) is 4.42. The van der Waals surface area contributed by atoms with Crippen LogP contribution in [0.15, 0.2) is 60.7 Å². The summed E-state index contributed by atoms with van der Waals surface area (Å²) >= 11 is 0. The maximum absolute atomic E-state index is 12.7. The summed E-state index contributed by atoms with van der Waals surface area (Å²) < 4.78 is 5.34. The smallest absolute Gasteiger partial charge is 0.340 e. The molecule has 0 saturated carbocycles. The van der Waals surface area contributed by atoms with Crippen molar-refractivity contribution in [3.63, 3.8) is 0 Å². The van der Waals surface area contributed by atoms with Gasteiger partial charge in [0.05, 0.1) is 23.6 Å². The van der Waals surface area contributed by atoms with Crippen LogP contribution in [0.4, 0.5) is 0 Å². The Balaban J connectivity index is 2.36. The minimum Gasteiger partial charge on any atom is -0.462 e. The minimum absolute atomic E-state index is 0.314. The molecule has 0 atom stereocenters. The van der Waals surface area contributed by atoms with E-state index in [0.29, 0.717) is 17.9 Å². The second kappa shape index (κ2) is 7.96. The molecule has 0 fully saturated rings. The summed E-state index contributed by atoms with van der Waals surface area (Å²) in [7, 11) is 0. The molecule has 0 unspecified atom stereocenters. The molecule has 26 heavy (non-hydrogen) atoms. The van der Waals surface area contributed by atoms with Crippen LogP contribution in [-0.4, -0.2) is 17.6 Å². The monoisotopic (exact) mass is 345 g/mol. The average Bonchev–Trinajstić information content (AvgIpc) is 2.68. The van der Waals surface area contributed by atoms with Crippen LogP contribution in [0.25, 0.3) is 22.4 Å². The first-order valence-corrected chi connectivity index (χ1v) is 8.98. The zero-order valence-corrected chi connectivity index (χ0v) is 15.5. The topological polar surface area (TPSA) is 39.2 Å². The summed E-state index contributed by atoms with van der Waals surface area (Å²) in [6.07, 6.45) is 0.772. The summed E-state index contributed by atoms with van der Waals surface area (Å²) in [5, 5.41) is 0. The number of benzene rings is 2. The second-order valence-electron chi connectivity index (χ2n) is 6.08. The number of esters is 1. The highest BCUT2D eigenvalue weighted by atomic mass is 16.5. The first kappa shape index (κ1) is 17.9. The number of aryl methyl sites for hydroxylation is 1. The fourth-order valence-electron chi connectivity index (χ4n) is 3.30. The summed E-state index contributed by atoms with van der Waals surface area (Å²) in [4.78, 5) is 17.5. The highest BCUT2D eigenvalue weighted by Gasteiger charge is 2.24. The number of ether oxygens (including phenoxy) is 1. The molecule has 3 heteroatoms. The van der Waals surface area contributed by atoms with Gasteiger partial charge >= 0.3 is 5.97 Å². The standard InChI is InChI=1S/C23H23NO2/c1-4-19-21(17-12-8-6-9-13-17)20(23(25)26-5-2)16(3)24-22(19)18-14-10-7-11-15-18/h6-15H,4-5H2,1-3H3. The molecular formula is C23H23NO2. The lowest BCUT2D eigenvalue weighted by molar-refractivity contribution is 0.0526. The average molecular weight is 345 g/mol. The van der Waals surface area contributed by atoms with Crippen molar-refractivity contribution in [3.8, 4) is 22.4 Å². The summed E-state index contributed by atoms with van der Waals surface area (Å²) in [5.74, 6) is -0.314. The van der Waals surface area contributed by atoms with Gasteiger partial charge in [0, 0.05) is 11.1 Å². The Kier molecular flexibility index (Phi) is 5.47. The van der Waals surface area contributed by atoms with Gasteiger partial charge in [-0.15, -0.1) is 0 Å². The van der Waals surface area contributed by atoms with Crippen molar-refractivity contribution in [1.82, 2.24) is 4.98 Å². The van der Waals surface area contributed by atoms with Crippen molar-refractivity contribution in [2.75, 3.05) is 6.61 Å². The Morgan fingerprint density at radius 3 is 2.04 bits per heavy atom. The van der Waals surface area contributed by atoms with Crippen LogP contribution in [0.3, 0.4) is 0 Å². The molecule has 132 valence electrons. The van der Waals surface area contributed by atoms with Gasteiger partial charge in [-0.1, -0.05) is 67.6 Å². The molecule has 0 spiro atoms. The van der Waals surface area contributed by atoms with Crippen molar-refractivity contribution in [3.05, 3.63) is 77.5 Å². The molecule has 0 aliphatic carbocycles. The third-order valence-corrected chi connectivity index (χ3v) is 4.42. The number of rotatable bonds is 5. The second-order valence-corrected chi connectivity index (χ2v) is 6.08. The molecule has 3 aromatic rings. The van der Waals surface area contributed by atoms with Gasteiger partial charge in [0.2, 0.25) is 0 Å². The summed E-state index contributed by atoms with van der Waals surface area (Å²) in [6.45, 7) is 6.14. The van der Waals surface area contributed by atoms with E-state index in [1.165, 1.54) is 0 Å². The Morgan fingerprint density at radius 1 is 0.923 bits per heavy atom. The highest BCUT2D eigenvalue weighted by Crippen LogP contribution is 2.36. The normalized spacial score (nSPS) is 10.6. The molecule has 1 heterocycles. The Morgan fingerprint density at radius 2 is 1.50 bits per heavy atom. The Bertz CT molecular complexity index is 902. The molecular weight excluding hydrogens is 322 g/mol. The van der Waals surface area contributed by atoms with Gasteiger partial charge < -0.3 is 4.74 Å². The van der Waals surface area contributed by atoms with E-state index < -0.39 is 0 Å². The molecule has 3 nitrogen and oxygen atoms in total. The Hall–Kier alpha value is -2.94. The van der Waals surface area contributed by atoms with Crippen molar-refractivity contribution in [2.24, 2.45) is 0 Å². The zero-order valence-electron chi connectivity index (χ0n) is 15.5. The fraction of sp³-hybridized carbons (Fsp3) is 0.217. The van der Waals surface area contributed by atoms with Crippen molar-refractivity contribution in [2.45, 2.75) is 27.2 Å². The molecule has 0 saturated heterocycles. The molecule has 0 amide bonds. The van der Waals surface area contributed by atoms with Crippen LogP contribution in [-0.2, 0) is 11.2 Å².